The van der Waals surface area contributed by atoms with E-state index in [1.165, 1.54) is 15.8 Å². The van der Waals surface area contributed by atoms with Crippen LogP contribution in [0.15, 0.2) is 17.8 Å². The summed E-state index contributed by atoms with van der Waals surface area (Å²) in [5, 5.41) is 4.36. The number of amides is 1. The van der Waals surface area contributed by atoms with Crippen molar-refractivity contribution in [3.05, 3.63) is 18.3 Å². The predicted octanol–water partition coefficient (Wildman–Crippen LogP) is 3.81. The van der Waals surface area contributed by atoms with Crippen LogP contribution in [0.4, 0.5) is 10.6 Å². The highest BCUT2D eigenvalue weighted by Crippen LogP contribution is 2.34. The number of aromatic nitrogens is 2. The first-order chi connectivity index (χ1) is 11.1. The fourth-order valence-electron chi connectivity index (χ4n) is 2.10. The number of aliphatic imine (C=N–C) groups is 1. The standard InChI is InChI=1S/C16H21ClN4O3/c1-10(17)19-14-12(9-22)8-18-21(14)11(2)20(13-6-7-13)15(23)24-16(3,4)5/h8-9,13H,2,6-7H2,1,3-5H3. The van der Waals surface area contributed by atoms with Gasteiger partial charge in [0.15, 0.2) is 12.1 Å². The minimum Gasteiger partial charge on any atom is -0.443 e. The number of nitrogens with zero attached hydrogens (tertiary/aromatic N) is 4. The Hall–Kier alpha value is -2.15. The Morgan fingerprint density at radius 3 is 2.62 bits per heavy atom. The number of hydrogen-bond acceptors (Lipinski definition) is 5. The summed E-state index contributed by atoms with van der Waals surface area (Å²) in [7, 11) is 0. The number of carbonyl (C=O) groups is 2. The van der Waals surface area contributed by atoms with Crippen molar-refractivity contribution >= 4 is 40.8 Å². The lowest BCUT2D eigenvalue weighted by Gasteiger charge is -2.28. The van der Waals surface area contributed by atoms with E-state index in [2.05, 4.69) is 16.7 Å². The summed E-state index contributed by atoms with van der Waals surface area (Å²) in [6, 6.07) is 0.00478. The molecular formula is C16H21ClN4O3. The number of aldehydes is 1. The van der Waals surface area contributed by atoms with E-state index in [1.807, 2.05) is 0 Å². The summed E-state index contributed by atoms with van der Waals surface area (Å²) < 4.78 is 6.78. The molecule has 1 aliphatic carbocycles. The lowest BCUT2D eigenvalue weighted by Crippen LogP contribution is -2.38. The summed E-state index contributed by atoms with van der Waals surface area (Å²) in [6.45, 7) is 10.9. The van der Waals surface area contributed by atoms with Crippen molar-refractivity contribution in [3.8, 4) is 0 Å². The highest BCUT2D eigenvalue weighted by atomic mass is 35.5. The van der Waals surface area contributed by atoms with Gasteiger partial charge in [-0.3, -0.25) is 9.69 Å². The molecule has 24 heavy (non-hydrogen) atoms. The number of rotatable bonds is 5. The van der Waals surface area contributed by atoms with Gasteiger partial charge in [-0.05, 0) is 40.5 Å². The van der Waals surface area contributed by atoms with Crippen LogP contribution < -0.4 is 0 Å². The molecule has 1 aromatic heterocycles. The van der Waals surface area contributed by atoms with Gasteiger partial charge in [0, 0.05) is 6.04 Å². The van der Waals surface area contributed by atoms with Gasteiger partial charge in [0.2, 0.25) is 0 Å². The van der Waals surface area contributed by atoms with E-state index in [0.717, 1.165) is 12.8 Å². The van der Waals surface area contributed by atoms with Crippen LogP contribution in [0.25, 0.3) is 5.82 Å². The maximum atomic E-state index is 12.5. The van der Waals surface area contributed by atoms with Crippen LogP contribution in [-0.2, 0) is 4.74 Å². The van der Waals surface area contributed by atoms with Gasteiger partial charge in [-0.2, -0.15) is 9.78 Å². The molecule has 2 rings (SSSR count). The van der Waals surface area contributed by atoms with E-state index >= 15 is 0 Å². The monoisotopic (exact) mass is 352 g/mol. The largest absolute Gasteiger partial charge is 0.443 e. The Kier molecular flexibility index (Phi) is 5.13. The Balaban J connectivity index is 2.38. The molecule has 130 valence electrons. The summed E-state index contributed by atoms with van der Waals surface area (Å²) in [6.07, 6.45) is 3.19. The smallest absolute Gasteiger partial charge is 0.416 e. The van der Waals surface area contributed by atoms with Crippen LogP contribution in [0.2, 0.25) is 0 Å². The van der Waals surface area contributed by atoms with Crippen LogP contribution in [0.3, 0.4) is 0 Å². The number of halogens is 1. The van der Waals surface area contributed by atoms with Crippen molar-refractivity contribution in [2.75, 3.05) is 0 Å². The van der Waals surface area contributed by atoms with Crippen LogP contribution in [0.5, 0.6) is 0 Å². The zero-order valence-corrected chi connectivity index (χ0v) is 15.0. The van der Waals surface area contributed by atoms with Gasteiger partial charge in [0.1, 0.15) is 16.6 Å². The van der Waals surface area contributed by atoms with Gasteiger partial charge in [-0.15, -0.1) is 0 Å². The first kappa shape index (κ1) is 18.2. The molecule has 1 saturated carbocycles. The molecule has 0 N–H and O–H groups in total. The molecule has 7 nitrogen and oxygen atoms in total. The van der Waals surface area contributed by atoms with E-state index in [4.69, 9.17) is 16.3 Å². The highest BCUT2D eigenvalue weighted by Gasteiger charge is 2.38. The van der Waals surface area contributed by atoms with E-state index < -0.39 is 11.7 Å². The van der Waals surface area contributed by atoms with Crippen LogP contribution >= 0.6 is 11.6 Å². The van der Waals surface area contributed by atoms with Crippen molar-refractivity contribution in [2.45, 2.75) is 52.2 Å². The Bertz CT molecular complexity index is 695. The average Bonchev–Trinajstić information content (AvgIpc) is 3.17. The van der Waals surface area contributed by atoms with Crippen LogP contribution in [0.1, 0.15) is 50.9 Å². The van der Waals surface area contributed by atoms with Crippen molar-refractivity contribution in [1.29, 1.82) is 0 Å². The van der Waals surface area contributed by atoms with Crippen LogP contribution in [-0.4, -0.2) is 43.9 Å². The SMILES string of the molecule is C=C(N(C(=O)OC(C)(C)C)C1CC1)n1ncc(C=O)c1N=C(C)Cl. The van der Waals surface area contributed by atoms with Crippen molar-refractivity contribution in [3.63, 3.8) is 0 Å². The molecule has 1 amide bonds. The molecule has 0 aliphatic heterocycles. The van der Waals surface area contributed by atoms with E-state index in [-0.39, 0.29) is 28.4 Å². The molecule has 0 bridgehead atoms. The van der Waals surface area contributed by atoms with Crippen molar-refractivity contribution < 1.29 is 14.3 Å². The normalized spacial score (nSPS) is 15.1. The first-order valence-corrected chi connectivity index (χ1v) is 7.97. The topological polar surface area (TPSA) is 76.8 Å². The molecule has 1 heterocycles. The summed E-state index contributed by atoms with van der Waals surface area (Å²) >= 11 is 5.84. The molecule has 0 atom stereocenters. The maximum Gasteiger partial charge on any atom is 0.416 e. The van der Waals surface area contributed by atoms with Crippen molar-refractivity contribution in [2.24, 2.45) is 4.99 Å². The second kappa shape index (κ2) is 6.76. The lowest BCUT2D eigenvalue weighted by molar-refractivity contribution is 0.0333. The summed E-state index contributed by atoms with van der Waals surface area (Å²) in [5.74, 6) is 0.508. The van der Waals surface area contributed by atoms with Gasteiger partial charge in [-0.1, -0.05) is 18.2 Å². The van der Waals surface area contributed by atoms with Crippen LogP contribution in [0, 0.1) is 0 Å². The van der Waals surface area contributed by atoms with Gasteiger partial charge in [-0.25, -0.2) is 9.79 Å². The Morgan fingerprint density at radius 2 is 2.17 bits per heavy atom. The van der Waals surface area contributed by atoms with Gasteiger partial charge in [0.05, 0.1) is 11.8 Å². The Labute approximate surface area is 145 Å². The molecule has 0 unspecified atom stereocenters. The zero-order chi connectivity index (χ0) is 18.1. The van der Waals surface area contributed by atoms with Gasteiger partial charge in [0.25, 0.3) is 0 Å². The molecule has 0 radical (unpaired) electrons. The number of hydrogen-bond donors (Lipinski definition) is 0. The van der Waals surface area contributed by atoms with E-state index in [1.54, 1.807) is 27.7 Å². The van der Waals surface area contributed by atoms with Gasteiger partial charge >= 0.3 is 6.09 Å². The third kappa shape index (κ3) is 4.23. The number of carbonyl (C=O) groups excluding carboxylic acids is 2. The minimum absolute atomic E-state index is 0.00478. The minimum atomic E-state index is -0.629. The zero-order valence-electron chi connectivity index (χ0n) is 14.2. The quantitative estimate of drug-likeness (QED) is 0.596. The van der Waals surface area contributed by atoms with Crippen molar-refractivity contribution in [1.82, 2.24) is 14.7 Å². The predicted molar refractivity (Wildman–Crippen MR) is 92.7 cm³/mol. The van der Waals surface area contributed by atoms with E-state index in [9.17, 15) is 9.59 Å². The fourth-order valence-corrected chi connectivity index (χ4v) is 2.18. The average molecular weight is 353 g/mol. The molecular weight excluding hydrogens is 332 g/mol. The molecule has 8 heteroatoms. The first-order valence-electron chi connectivity index (χ1n) is 7.59. The second-order valence-electron chi connectivity index (χ2n) is 6.56. The third-order valence-electron chi connectivity index (χ3n) is 3.18. The third-order valence-corrected chi connectivity index (χ3v) is 3.27. The van der Waals surface area contributed by atoms with Gasteiger partial charge < -0.3 is 4.74 Å². The molecule has 1 fully saturated rings. The molecule has 1 aromatic rings. The molecule has 0 spiro atoms. The molecule has 0 aromatic carbocycles. The molecule has 1 aliphatic rings. The summed E-state index contributed by atoms with van der Waals surface area (Å²) in [4.78, 5) is 29.3. The number of ether oxygens (including phenoxy) is 1. The Morgan fingerprint density at radius 1 is 1.54 bits per heavy atom. The second-order valence-corrected chi connectivity index (χ2v) is 7.11. The molecule has 0 saturated heterocycles. The van der Waals surface area contributed by atoms with E-state index in [0.29, 0.717) is 6.29 Å². The summed E-state index contributed by atoms with van der Waals surface area (Å²) in [5.41, 5.74) is -0.368. The maximum absolute atomic E-state index is 12.5. The lowest BCUT2D eigenvalue weighted by atomic mass is 10.2. The highest BCUT2D eigenvalue weighted by molar-refractivity contribution is 6.65. The fraction of sp³-hybridized carbons (Fsp3) is 0.500.